The van der Waals surface area contributed by atoms with Crippen molar-refractivity contribution in [1.82, 2.24) is 24.4 Å². The Hall–Kier alpha value is -2.00. The predicted molar refractivity (Wildman–Crippen MR) is 111 cm³/mol. The van der Waals surface area contributed by atoms with Crippen LogP contribution in [0.1, 0.15) is 25.5 Å². The van der Waals surface area contributed by atoms with Gasteiger partial charge in [-0.3, -0.25) is 10.1 Å². The van der Waals surface area contributed by atoms with Gasteiger partial charge in [0.15, 0.2) is 17.0 Å². The van der Waals surface area contributed by atoms with Gasteiger partial charge in [0.1, 0.15) is 12.6 Å². The molecule has 0 spiro atoms. The monoisotopic (exact) mass is 438 g/mol. The van der Waals surface area contributed by atoms with E-state index in [0.29, 0.717) is 17.0 Å². The summed E-state index contributed by atoms with van der Waals surface area (Å²) in [5.41, 5.74) is 7.14. The average molecular weight is 438 g/mol. The highest BCUT2D eigenvalue weighted by Gasteiger charge is 2.30. The molecule has 0 bridgehead atoms. The van der Waals surface area contributed by atoms with Crippen molar-refractivity contribution in [3.05, 3.63) is 12.7 Å². The Balaban J connectivity index is 1.63. The number of fused-ring (bicyclic) bond motifs is 1. The van der Waals surface area contributed by atoms with E-state index < -0.39 is 6.64 Å². The molecule has 0 amide bonds. The summed E-state index contributed by atoms with van der Waals surface area (Å²) in [5, 5.41) is 8.55. The summed E-state index contributed by atoms with van der Waals surface area (Å²) in [6, 6.07) is 1.97. The fourth-order valence-corrected chi connectivity index (χ4v) is 3.97. The summed E-state index contributed by atoms with van der Waals surface area (Å²) in [5.74, 6) is 0.499. The molecule has 1 aliphatic heterocycles. The third-order valence-corrected chi connectivity index (χ3v) is 5.76. The molecular weight excluding hydrogens is 415 g/mol. The van der Waals surface area contributed by atoms with Gasteiger partial charge in [-0.1, -0.05) is 0 Å². The molecule has 29 heavy (non-hydrogen) atoms. The molecule has 1 saturated heterocycles. The number of nitrogens with zero attached hydrogens (tertiary/aromatic N) is 7. The molecule has 1 unspecified atom stereocenters. The van der Waals surface area contributed by atoms with E-state index in [2.05, 4.69) is 19.9 Å². The first-order valence-corrected chi connectivity index (χ1v) is 11.7. The zero-order chi connectivity index (χ0) is 20.9. The van der Waals surface area contributed by atoms with E-state index >= 15 is 0 Å². The lowest BCUT2D eigenvalue weighted by molar-refractivity contribution is -0.0165. The Morgan fingerprint density at radius 3 is 3.03 bits per heavy atom. The van der Waals surface area contributed by atoms with Crippen LogP contribution >= 0.6 is 6.64 Å². The first-order chi connectivity index (χ1) is 13.9. The Bertz CT molecular complexity index is 959. The zero-order valence-electron chi connectivity index (χ0n) is 16.2. The highest BCUT2D eigenvalue weighted by Crippen LogP contribution is 2.41. The molecule has 0 aromatic carbocycles. The normalized spacial score (nSPS) is 21.4. The second kappa shape index (κ2) is 9.67. The summed E-state index contributed by atoms with van der Waals surface area (Å²) in [6.45, 7) is -2.48. The maximum Gasteiger partial charge on any atom is 0.258 e. The van der Waals surface area contributed by atoms with Crippen molar-refractivity contribution in [3.63, 3.8) is 0 Å². The second-order valence-electron chi connectivity index (χ2n) is 6.60. The lowest BCUT2D eigenvalue weighted by Gasteiger charge is -2.20. The van der Waals surface area contributed by atoms with Gasteiger partial charge in [-0.25, -0.2) is 19.9 Å². The van der Waals surface area contributed by atoms with Gasteiger partial charge in [-0.15, -0.1) is 0 Å². The molecule has 156 valence electrons. The summed E-state index contributed by atoms with van der Waals surface area (Å²) in [7, 11) is 3.76. The number of hydrogen-bond donors (Lipinski definition) is 1. The van der Waals surface area contributed by atoms with E-state index in [1.165, 1.54) is 6.33 Å². The highest BCUT2D eigenvalue weighted by molar-refractivity contribution is 8.08. The zero-order valence-corrected chi connectivity index (χ0v) is 17.9. The van der Waals surface area contributed by atoms with Crippen LogP contribution in [0.2, 0.25) is 0 Å². The fraction of sp³-hybridized carbons (Fsp3) is 0.562. The summed E-state index contributed by atoms with van der Waals surface area (Å²) in [6.07, 6.45) is 6.16. The summed E-state index contributed by atoms with van der Waals surface area (Å²) < 4.78 is 18.8. The molecule has 1 fully saturated rings. The molecule has 3 heterocycles. The molecule has 2 aromatic heterocycles. The lowest BCUT2D eigenvalue weighted by Crippen LogP contribution is -2.18. The smallest absolute Gasteiger partial charge is 0.258 e. The van der Waals surface area contributed by atoms with Crippen LogP contribution in [0, 0.1) is 11.3 Å². The van der Waals surface area contributed by atoms with Crippen LogP contribution in [0.5, 0.6) is 0 Å². The molecule has 3 rings (SSSR count). The second-order valence-corrected chi connectivity index (χ2v) is 9.72. The number of aliphatic imine (C=N–C) groups is 1. The quantitative estimate of drug-likeness (QED) is 0.267. The van der Waals surface area contributed by atoms with Gasteiger partial charge >= 0.3 is 0 Å². The molecule has 0 aliphatic carbocycles. The van der Waals surface area contributed by atoms with Crippen molar-refractivity contribution < 1.29 is 13.8 Å². The standard InChI is InChI=1S/C16H23N8O3PS/c1-23(2)10-22-15-14-16(20-9-19-15)24(11-21-14)13-5-4-12(27-13)8-26-28(18,29)25-7-3-6-17/h9-13H,3-5,7-8H2,1-2H3,(H2,18,29)/t12-,13+,28?/m0/s1. The third kappa shape index (κ3) is 5.76. The first kappa shape index (κ1) is 21.7. The minimum atomic E-state index is -2.87. The Morgan fingerprint density at radius 2 is 2.28 bits per heavy atom. The van der Waals surface area contributed by atoms with E-state index in [1.54, 1.807) is 12.7 Å². The third-order valence-electron chi connectivity index (χ3n) is 4.07. The van der Waals surface area contributed by atoms with Crippen LogP contribution in [-0.4, -0.2) is 64.2 Å². The van der Waals surface area contributed by atoms with Gasteiger partial charge in [-0.05, 0) is 24.6 Å². The van der Waals surface area contributed by atoms with Gasteiger partial charge in [0.05, 0.1) is 44.5 Å². The SMILES string of the molecule is CN(C)C=Nc1ncnc2c1ncn2[C@H]1CC[C@@H](COP(N)(=S)OCCC#N)O1. The van der Waals surface area contributed by atoms with Gasteiger partial charge in [0.2, 0.25) is 0 Å². The maximum absolute atomic E-state index is 8.55. The van der Waals surface area contributed by atoms with Crippen molar-refractivity contribution in [1.29, 1.82) is 5.26 Å². The Kier molecular flexibility index (Phi) is 7.23. The van der Waals surface area contributed by atoms with E-state index in [9.17, 15) is 0 Å². The fourth-order valence-electron chi connectivity index (χ4n) is 2.77. The number of imidazole rings is 1. The van der Waals surface area contributed by atoms with Crippen LogP contribution in [0.25, 0.3) is 11.2 Å². The van der Waals surface area contributed by atoms with E-state index in [4.69, 9.17) is 36.4 Å². The van der Waals surface area contributed by atoms with Gasteiger partial charge < -0.3 is 18.7 Å². The molecule has 11 nitrogen and oxygen atoms in total. The van der Waals surface area contributed by atoms with E-state index in [-0.39, 0.29) is 32.0 Å². The van der Waals surface area contributed by atoms with Crippen molar-refractivity contribution in [2.24, 2.45) is 10.5 Å². The van der Waals surface area contributed by atoms with Crippen molar-refractivity contribution in [2.45, 2.75) is 31.6 Å². The van der Waals surface area contributed by atoms with Crippen LogP contribution in [0.15, 0.2) is 17.6 Å². The highest BCUT2D eigenvalue weighted by atomic mass is 32.5. The van der Waals surface area contributed by atoms with Crippen LogP contribution < -0.4 is 5.50 Å². The van der Waals surface area contributed by atoms with Crippen LogP contribution in [-0.2, 0) is 25.6 Å². The van der Waals surface area contributed by atoms with Crippen LogP contribution in [0.3, 0.4) is 0 Å². The summed E-state index contributed by atoms with van der Waals surface area (Å²) >= 11 is 5.15. The first-order valence-electron chi connectivity index (χ1n) is 8.98. The van der Waals surface area contributed by atoms with Crippen molar-refractivity contribution >= 4 is 41.8 Å². The number of rotatable bonds is 9. The van der Waals surface area contributed by atoms with Gasteiger partial charge in [0.25, 0.3) is 6.64 Å². The molecular formula is C16H23N8O3PS. The molecule has 0 radical (unpaired) electrons. The molecule has 2 N–H and O–H groups in total. The molecule has 1 aliphatic rings. The number of aromatic nitrogens is 4. The van der Waals surface area contributed by atoms with Gasteiger partial charge in [-0.2, -0.15) is 5.26 Å². The Morgan fingerprint density at radius 1 is 1.45 bits per heavy atom. The number of nitrogens with two attached hydrogens (primary N) is 1. The largest absolute Gasteiger partial charge is 0.369 e. The number of nitriles is 1. The van der Waals surface area contributed by atoms with Gasteiger partial charge in [0, 0.05) is 14.1 Å². The number of hydrogen-bond acceptors (Lipinski definition) is 9. The lowest BCUT2D eigenvalue weighted by atomic mass is 10.2. The minimum Gasteiger partial charge on any atom is -0.369 e. The molecule has 3 atom stereocenters. The predicted octanol–water partition coefficient (Wildman–Crippen LogP) is 1.86. The van der Waals surface area contributed by atoms with E-state index in [1.807, 2.05) is 29.6 Å². The number of ether oxygens (including phenoxy) is 1. The maximum atomic E-state index is 8.55. The Labute approximate surface area is 173 Å². The molecule has 2 aromatic rings. The molecule has 13 heteroatoms. The minimum absolute atomic E-state index is 0.164. The summed E-state index contributed by atoms with van der Waals surface area (Å²) in [4.78, 5) is 19.1. The van der Waals surface area contributed by atoms with E-state index in [0.717, 1.165) is 12.8 Å². The average Bonchev–Trinajstić information content (AvgIpc) is 3.31. The van der Waals surface area contributed by atoms with Crippen molar-refractivity contribution in [2.75, 3.05) is 27.3 Å². The molecule has 0 saturated carbocycles. The van der Waals surface area contributed by atoms with Crippen molar-refractivity contribution in [3.8, 4) is 6.07 Å². The topological polar surface area (TPSA) is 137 Å². The van der Waals surface area contributed by atoms with Crippen LogP contribution in [0.4, 0.5) is 5.82 Å².